The summed E-state index contributed by atoms with van der Waals surface area (Å²) >= 11 is 0. The van der Waals surface area contributed by atoms with Gasteiger partial charge < -0.3 is 25.4 Å². The van der Waals surface area contributed by atoms with E-state index in [0.29, 0.717) is 32.2 Å². The molecule has 1 aromatic rings. The molecule has 3 N–H and O–H groups in total. The van der Waals surface area contributed by atoms with Crippen molar-refractivity contribution in [1.82, 2.24) is 15.5 Å². The summed E-state index contributed by atoms with van der Waals surface area (Å²) in [6.07, 6.45) is 4.79. The van der Waals surface area contributed by atoms with E-state index >= 15 is 0 Å². The van der Waals surface area contributed by atoms with E-state index in [0.717, 1.165) is 24.0 Å². The Labute approximate surface area is 242 Å². The molecule has 1 aromatic carbocycles. The van der Waals surface area contributed by atoms with Gasteiger partial charge in [-0.05, 0) is 75.8 Å². The number of likely N-dealkylation sites (tertiary alicyclic amines) is 1. The number of nitrogens with one attached hydrogen (secondary N) is 2. The normalized spacial score (nSPS) is 19.7. The first kappa shape index (κ1) is 32.1. The summed E-state index contributed by atoms with van der Waals surface area (Å²) in [7, 11) is 0. The van der Waals surface area contributed by atoms with E-state index in [1.165, 1.54) is 11.3 Å². The van der Waals surface area contributed by atoms with E-state index in [9.17, 15) is 29.1 Å². The molecule has 0 aromatic heterocycles. The van der Waals surface area contributed by atoms with Gasteiger partial charge in [0.25, 0.3) is 5.78 Å². The van der Waals surface area contributed by atoms with Crippen molar-refractivity contribution in [3.05, 3.63) is 35.4 Å². The molecule has 4 rings (SSSR count). The largest absolute Gasteiger partial charge is 0.475 e. The van der Waals surface area contributed by atoms with Crippen LogP contribution in [0.15, 0.2) is 24.3 Å². The Morgan fingerprint density at radius 1 is 1.00 bits per heavy atom. The Balaban J connectivity index is 0.00000147. The van der Waals surface area contributed by atoms with Crippen LogP contribution in [0.25, 0.3) is 0 Å². The van der Waals surface area contributed by atoms with Crippen LogP contribution in [0.1, 0.15) is 84.3 Å². The summed E-state index contributed by atoms with van der Waals surface area (Å²) in [5.74, 6) is -3.55. The fourth-order valence-electron chi connectivity index (χ4n) is 5.46. The third-order valence-corrected chi connectivity index (χ3v) is 7.44. The molecule has 3 atom stereocenters. The van der Waals surface area contributed by atoms with Crippen molar-refractivity contribution in [3.63, 3.8) is 0 Å². The molecule has 0 radical (unpaired) electrons. The van der Waals surface area contributed by atoms with Crippen molar-refractivity contribution in [3.8, 4) is 0 Å². The number of rotatable bonds is 9. The summed E-state index contributed by atoms with van der Waals surface area (Å²) in [6, 6.07) is 5.02. The number of Topliss-reactive ketones (excluding diaryl/α,β-unsaturated/α-hetero) is 1. The number of hydrogen-bond acceptors (Lipinski definition) is 6. The Hall–Kier alpha value is -3.43. The van der Waals surface area contributed by atoms with Crippen LogP contribution in [0, 0.1) is 11.8 Å². The molecule has 41 heavy (non-hydrogen) atoms. The number of carbonyl (C=O) groups is 5. The molecule has 1 saturated heterocycles. The van der Waals surface area contributed by atoms with Crippen LogP contribution >= 0.6 is 0 Å². The molecule has 0 spiro atoms. The van der Waals surface area contributed by atoms with Crippen molar-refractivity contribution < 1.29 is 33.8 Å². The average molecular weight is 572 g/mol. The van der Waals surface area contributed by atoms with Gasteiger partial charge >= 0.3 is 12.1 Å². The highest BCUT2D eigenvalue weighted by Gasteiger charge is 2.43. The first-order valence-corrected chi connectivity index (χ1v) is 14.8. The standard InChI is InChI=1S/C28H37N3O7.C3H8/c1-28(2,3)38-27(37)30-22(19-14-17-7-4-5-8-18(17)15-19)25(34)31-12-6-9-21(31)24(33)29-20(13-16-10-11-16)23(32)26(35)36;1-3-2/h4-5,7-8,16,19-22H,6,9-15H2,1-3H3,(H,29,33)(H,30,37)(H,35,36);3H2,1-2H3/t20?,21-,22-;/m0./s1. The minimum Gasteiger partial charge on any atom is -0.475 e. The molecular formula is C31H45N3O7. The van der Waals surface area contributed by atoms with Crippen LogP contribution in [0.5, 0.6) is 0 Å². The fourth-order valence-corrected chi connectivity index (χ4v) is 5.46. The van der Waals surface area contributed by atoms with Crippen LogP contribution in [-0.4, -0.2) is 69.9 Å². The lowest BCUT2D eigenvalue weighted by Crippen LogP contribution is -2.58. The quantitative estimate of drug-likeness (QED) is 0.384. The van der Waals surface area contributed by atoms with Crippen LogP contribution in [0.4, 0.5) is 4.79 Å². The number of nitrogens with zero attached hydrogens (tertiary/aromatic N) is 1. The van der Waals surface area contributed by atoms with E-state index in [1.807, 2.05) is 24.3 Å². The number of carbonyl (C=O) groups excluding carboxylic acids is 4. The third-order valence-electron chi connectivity index (χ3n) is 7.44. The maximum Gasteiger partial charge on any atom is 0.408 e. The first-order chi connectivity index (χ1) is 19.3. The Kier molecular flexibility index (Phi) is 10.9. The molecule has 0 bridgehead atoms. The zero-order chi connectivity index (χ0) is 30.3. The predicted octanol–water partition coefficient (Wildman–Crippen LogP) is 3.64. The second kappa shape index (κ2) is 14.0. The van der Waals surface area contributed by atoms with Gasteiger partial charge in [0.2, 0.25) is 11.8 Å². The monoisotopic (exact) mass is 571 g/mol. The lowest BCUT2D eigenvalue weighted by atomic mass is 9.95. The van der Waals surface area contributed by atoms with Gasteiger partial charge in [-0.1, -0.05) is 57.4 Å². The van der Waals surface area contributed by atoms with Crippen molar-refractivity contribution in [2.24, 2.45) is 11.8 Å². The van der Waals surface area contributed by atoms with E-state index in [4.69, 9.17) is 4.74 Å². The number of ether oxygens (including phenoxy) is 1. The van der Waals surface area contributed by atoms with Crippen molar-refractivity contribution in [2.45, 2.75) is 110 Å². The smallest absolute Gasteiger partial charge is 0.408 e. The minimum absolute atomic E-state index is 0.215. The Morgan fingerprint density at radius 2 is 1.59 bits per heavy atom. The molecule has 2 fully saturated rings. The summed E-state index contributed by atoms with van der Waals surface area (Å²) in [5.41, 5.74) is 1.49. The number of benzene rings is 1. The number of carboxylic acids is 1. The molecule has 2 aliphatic carbocycles. The highest BCUT2D eigenvalue weighted by Crippen LogP contribution is 2.34. The van der Waals surface area contributed by atoms with Gasteiger partial charge in [0.1, 0.15) is 17.7 Å². The van der Waals surface area contributed by atoms with Crippen LogP contribution in [0.3, 0.4) is 0 Å². The van der Waals surface area contributed by atoms with Gasteiger partial charge in [0, 0.05) is 6.54 Å². The third kappa shape index (κ3) is 9.03. The summed E-state index contributed by atoms with van der Waals surface area (Å²) in [5, 5.41) is 14.6. The molecule has 1 aliphatic heterocycles. The number of alkyl carbamates (subject to hydrolysis) is 1. The molecule has 1 heterocycles. The number of fused-ring (bicyclic) bond motifs is 1. The SMILES string of the molecule is CC(C)(C)OC(=O)N[C@H](C(=O)N1CCC[C@H]1C(=O)NC(CC1CC1)C(=O)C(=O)O)C1Cc2ccccc2C1.CCC. The Bertz CT molecular complexity index is 1100. The first-order valence-electron chi connectivity index (χ1n) is 14.8. The number of carboxylic acid groups (broad SMARTS) is 1. The second-order valence-electron chi connectivity index (χ2n) is 12.4. The van der Waals surface area contributed by atoms with E-state index < -0.39 is 47.5 Å². The van der Waals surface area contributed by atoms with Crippen molar-refractivity contribution in [2.75, 3.05) is 6.54 Å². The number of aliphatic carboxylic acids is 1. The number of hydrogen-bond donors (Lipinski definition) is 3. The van der Waals surface area contributed by atoms with Gasteiger partial charge in [-0.15, -0.1) is 0 Å². The molecule has 1 saturated carbocycles. The van der Waals surface area contributed by atoms with E-state index in [-0.39, 0.29) is 24.2 Å². The molecule has 10 heteroatoms. The average Bonchev–Trinajstić information content (AvgIpc) is 3.39. The van der Waals surface area contributed by atoms with E-state index in [1.54, 1.807) is 20.8 Å². The van der Waals surface area contributed by atoms with E-state index in [2.05, 4.69) is 24.5 Å². The van der Waals surface area contributed by atoms with Gasteiger partial charge in [0.15, 0.2) is 0 Å². The van der Waals surface area contributed by atoms with Crippen molar-refractivity contribution in [1.29, 1.82) is 0 Å². The lowest BCUT2D eigenvalue weighted by molar-refractivity contribution is -0.151. The molecular weight excluding hydrogens is 526 g/mol. The maximum atomic E-state index is 13.9. The lowest BCUT2D eigenvalue weighted by Gasteiger charge is -2.32. The molecule has 3 aliphatic rings. The van der Waals surface area contributed by atoms with Crippen molar-refractivity contribution >= 4 is 29.7 Å². The molecule has 1 unspecified atom stereocenters. The zero-order valence-corrected chi connectivity index (χ0v) is 24.9. The molecule has 3 amide bonds. The highest BCUT2D eigenvalue weighted by molar-refractivity contribution is 6.35. The summed E-state index contributed by atoms with van der Waals surface area (Å²) < 4.78 is 5.44. The second-order valence-corrected chi connectivity index (χ2v) is 12.4. The van der Waals surface area contributed by atoms with Gasteiger partial charge in [-0.25, -0.2) is 9.59 Å². The van der Waals surface area contributed by atoms with Gasteiger partial charge in [-0.2, -0.15) is 0 Å². The van der Waals surface area contributed by atoms with Crippen LogP contribution in [-0.2, 0) is 36.8 Å². The maximum absolute atomic E-state index is 13.9. The number of amides is 3. The summed E-state index contributed by atoms with van der Waals surface area (Å²) in [6.45, 7) is 9.80. The zero-order valence-electron chi connectivity index (χ0n) is 24.9. The minimum atomic E-state index is -1.59. The highest BCUT2D eigenvalue weighted by atomic mass is 16.6. The Morgan fingerprint density at radius 3 is 2.10 bits per heavy atom. The summed E-state index contributed by atoms with van der Waals surface area (Å²) in [4.78, 5) is 65.0. The van der Waals surface area contributed by atoms with Crippen LogP contribution in [0.2, 0.25) is 0 Å². The number of ketones is 1. The van der Waals surface area contributed by atoms with Crippen LogP contribution < -0.4 is 10.6 Å². The predicted molar refractivity (Wildman–Crippen MR) is 153 cm³/mol. The topological polar surface area (TPSA) is 142 Å². The fraction of sp³-hybridized carbons (Fsp3) is 0.645. The van der Waals surface area contributed by atoms with Gasteiger partial charge in [-0.3, -0.25) is 14.4 Å². The molecule has 226 valence electrons. The van der Waals surface area contributed by atoms with Gasteiger partial charge in [0.05, 0.1) is 6.04 Å². The molecule has 10 nitrogen and oxygen atoms in total.